The summed E-state index contributed by atoms with van der Waals surface area (Å²) in [6, 6.07) is 2.51. The summed E-state index contributed by atoms with van der Waals surface area (Å²) >= 11 is 0. The van der Waals surface area contributed by atoms with E-state index in [2.05, 4.69) is 0 Å². The Kier molecular flexibility index (Phi) is 7.12. The van der Waals surface area contributed by atoms with E-state index >= 15 is 0 Å². The van der Waals surface area contributed by atoms with Gasteiger partial charge in [-0.25, -0.2) is 4.39 Å². The minimum atomic E-state index is -1.20. The fourth-order valence-electron chi connectivity index (χ4n) is 1.50. The van der Waals surface area contributed by atoms with E-state index in [4.69, 9.17) is 9.47 Å². The fraction of sp³-hybridized carbons (Fsp3) is 0.500. The highest BCUT2D eigenvalue weighted by molar-refractivity contribution is 5.35. The van der Waals surface area contributed by atoms with Crippen molar-refractivity contribution in [3.8, 4) is 11.5 Å². The topological polar surface area (TPSA) is 18.5 Å². The molecule has 0 spiro atoms. The molecule has 0 aliphatic carbocycles. The van der Waals surface area contributed by atoms with Crippen LogP contribution in [0.2, 0.25) is 0 Å². The molecule has 0 aromatic heterocycles. The van der Waals surface area contributed by atoms with Gasteiger partial charge in [-0.2, -0.15) is 8.78 Å². The van der Waals surface area contributed by atoms with Gasteiger partial charge in [-0.1, -0.05) is 32.9 Å². The molecule has 118 valence electrons. The predicted molar refractivity (Wildman–Crippen MR) is 76.5 cm³/mol. The summed E-state index contributed by atoms with van der Waals surface area (Å²) in [7, 11) is 0. The molecular formula is C16H21F3O2. The van der Waals surface area contributed by atoms with Crippen LogP contribution in [0.5, 0.6) is 11.5 Å². The molecule has 1 aromatic rings. The normalized spacial score (nSPS) is 12.9. The molecule has 2 nitrogen and oxygen atoms in total. The van der Waals surface area contributed by atoms with E-state index in [0.717, 1.165) is 0 Å². The van der Waals surface area contributed by atoms with Gasteiger partial charge in [-0.15, -0.1) is 0 Å². The lowest BCUT2D eigenvalue weighted by molar-refractivity contribution is 0.184. The molecule has 0 saturated heterocycles. The highest BCUT2D eigenvalue weighted by Gasteiger charge is 2.16. The third-order valence-electron chi connectivity index (χ3n) is 2.73. The first-order chi connectivity index (χ1) is 9.95. The van der Waals surface area contributed by atoms with E-state index < -0.39 is 17.8 Å². The Morgan fingerprint density at radius 2 is 1.67 bits per heavy atom. The maximum atomic E-state index is 13.8. The summed E-state index contributed by atoms with van der Waals surface area (Å²) in [6.07, 6.45) is 2.69. The van der Waals surface area contributed by atoms with Crippen LogP contribution in [0.25, 0.3) is 0 Å². The Bertz CT molecular complexity index is 473. The summed E-state index contributed by atoms with van der Waals surface area (Å²) in [5, 5.41) is 0. The van der Waals surface area contributed by atoms with E-state index in [-0.39, 0.29) is 31.1 Å². The van der Waals surface area contributed by atoms with Gasteiger partial charge < -0.3 is 9.47 Å². The second-order valence-electron chi connectivity index (χ2n) is 4.99. The number of halogens is 3. The number of ether oxygens (including phenoxy) is 2. The zero-order valence-corrected chi connectivity index (χ0v) is 12.5. The summed E-state index contributed by atoms with van der Waals surface area (Å²) in [5.74, 6) is -2.44. The quantitative estimate of drug-likeness (QED) is 0.649. The van der Waals surface area contributed by atoms with Crippen LogP contribution in [-0.4, -0.2) is 19.4 Å². The highest BCUT2D eigenvalue weighted by Crippen LogP contribution is 2.27. The lowest BCUT2D eigenvalue weighted by atomic mass is 10.2. The molecule has 0 saturated carbocycles. The van der Waals surface area contributed by atoms with Crippen LogP contribution in [0.3, 0.4) is 0 Å². The van der Waals surface area contributed by atoms with Crippen molar-refractivity contribution < 1.29 is 22.6 Å². The Labute approximate surface area is 123 Å². The van der Waals surface area contributed by atoms with Crippen LogP contribution in [-0.2, 0) is 0 Å². The van der Waals surface area contributed by atoms with E-state index in [1.165, 1.54) is 12.1 Å². The molecule has 0 bridgehead atoms. The number of hydrogen-bond acceptors (Lipinski definition) is 2. The Hall–Kier alpha value is -1.65. The van der Waals surface area contributed by atoms with Crippen LogP contribution in [0.4, 0.5) is 13.2 Å². The first kappa shape index (κ1) is 17.4. The minimum Gasteiger partial charge on any atom is -0.487 e. The van der Waals surface area contributed by atoms with E-state index in [1.54, 1.807) is 13.0 Å². The Morgan fingerprint density at radius 1 is 1.10 bits per heavy atom. The monoisotopic (exact) mass is 302 g/mol. The molecule has 1 unspecified atom stereocenters. The summed E-state index contributed by atoms with van der Waals surface area (Å²) < 4.78 is 50.6. The second kappa shape index (κ2) is 8.60. The van der Waals surface area contributed by atoms with Crippen LogP contribution < -0.4 is 9.47 Å². The lowest BCUT2D eigenvalue weighted by Crippen LogP contribution is -2.12. The van der Waals surface area contributed by atoms with Crippen LogP contribution in [0.1, 0.15) is 27.2 Å². The van der Waals surface area contributed by atoms with E-state index in [0.29, 0.717) is 5.92 Å². The molecule has 0 fully saturated rings. The van der Waals surface area contributed by atoms with Gasteiger partial charge in [-0.3, -0.25) is 0 Å². The summed E-state index contributed by atoms with van der Waals surface area (Å²) in [4.78, 5) is 0. The van der Waals surface area contributed by atoms with Crippen LogP contribution in [0, 0.1) is 17.6 Å². The summed E-state index contributed by atoms with van der Waals surface area (Å²) in [6.45, 7) is 5.49. The molecule has 0 aliphatic rings. The van der Waals surface area contributed by atoms with Crippen LogP contribution >= 0.6 is 0 Å². The molecule has 1 rings (SSSR count). The van der Waals surface area contributed by atoms with Gasteiger partial charge in [0.15, 0.2) is 11.5 Å². The Morgan fingerprint density at radius 3 is 2.19 bits per heavy atom. The van der Waals surface area contributed by atoms with Crippen molar-refractivity contribution in [2.24, 2.45) is 5.92 Å². The molecule has 5 heteroatoms. The molecule has 0 N–H and O–H groups in total. The van der Waals surface area contributed by atoms with Gasteiger partial charge >= 0.3 is 0 Å². The van der Waals surface area contributed by atoms with Gasteiger partial charge in [0.25, 0.3) is 0 Å². The molecular weight excluding hydrogens is 281 g/mol. The third kappa shape index (κ3) is 5.69. The van der Waals surface area contributed by atoms with Crippen molar-refractivity contribution in [3.05, 3.63) is 35.9 Å². The summed E-state index contributed by atoms with van der Waals surface area (Å²) in [5.41, 5.74) is 0. The molecule has 1 aromatic carbocycles. The maximum Gasteiger partial charge on any atom is 0.204 e. The van der Waals surface area contributed by atoms with Crippen molar-refractivity contribution in [2.45, 2.75) is 33.4 Å². The molecule has 1 atom stereocenters. The molecule has 0 aliphatic heterocycles. The molecule has 0 amide bonds. The Balaban J connectivity index is 2.67. The molecule has 0 heterocycles. The standard InChI is InChI=1S/C16H21F3O2/c1-4-12(17)10-21-14-8-7-13(15(18)16(14)19)20-9-5-6-11(2)3/h5-8,11-12H,4,9-10H2,1-3H3/b6-5+. The van der Waals surface area contributed by atoms with Gasteiger partial charge in [0.05, 0.1) is 0 Å². The number of allylic oxidation sites excluding steroid dienone is 1. The third-order valence-corrected chi connectivity index (χ3v) is 2.73. The smallest absolute Gasteiger partial charge is 0.204 e. The largest absolute Gasteiger partial charge is 0.487 e. The fourth-order valence-corrected chi connectivity index (χ4v) is 1.50. The second-order valence-corrected chi connectivity index (χ2v) is 4.99. The van der Waals surface area contributed by atoms with Gasteiger partial charge in [0.1, 0.15) is 19.4 Å². The van der Waals surface area contributed by atoms with E-state index in [9.17, 15) is 13.2 Å². The SMILES string of the molecule is CCC(F)COc1ccc(OC/C=C/C(C)C)c(F)c1F. The first-order valence-electron chi connectivity index (χ1n) is 7.00. The van der Waals surface area contributed by atoms with Crippen LogP contribution in [0.15, 0.2) is 24.3 Å². The highest BCUT2D eigenvalue weighted by atomic mass is 19.2. The van der Waals surface area contributed by atoms with Crippen molar-refractivity contribution in [3.63, 3.8) is 0 Å². The van der Waals surface area contributed by atoms with Gasteiger partial charge in [0, 0.05) is 0 Å². The minimum absolute atomic E-state index is 0.150. The van der Waals surface area contributed by atoms with Gasteiger partial charge in [0.2, 0.25) is 11.6 Å². The predicted octanol–water partition coefficient (Wildman–Crippen LogP) is 4.68. The zero-order valence-electron chi connectivity index (χ0n) is 12.5. The number of rotatable bonds is 8. The first-order valence-corrected chi connectivity index (χ1v) is 7.00. The average Bonchev–Trinajstić information content (AvgIpc) is 2.46. The zero-order chi connectivity index (χ0) is 15.8. The molecule has 0 radical (unpaired) electrons. The number of alkyl halides is 1. The maximum absolute atomic E-state index is 13.8. The van der Waals surface area contributed by atoms with E-state index in [1.807, 2.05) is 19.9 Å². The van der Waals surface area contributed by atoms with Crippen molar-refractivity contribution >= 4 is 0 Å². The van der Waals surface area contributed by atoms with Crippen molar-refractivity contribution in [1.29, 1.82) is 0 Å². The van der Waals surface area contributed by atoms with Gasteiger partial charge in [-0.05, 0) is 24.5 Å². The number of hydrogen-bond donors (Lipinski definition) is 0. The average molecular weight is 302 g/mol. The van der Waals surface area contributed by atoms with Crippen molar-refractivity contribution in [1.82, 2.24) is 0 Å². The lowest BCUT2D eigenvalue weighted by Gasteiger charge is -2.12. The molecule has 21 heavy (non-hydrogen) atoms. The van der Waals surface area contributed by atoms with Crippen molar-refractivity contribution in [2.75, 3.05) is 13.2 Å². The number of benzene rings is 1.